The number of hydrogen-bond donors (Lipinski definition) is 1. The van der Waals surface area contributed by atoms with E-state index in [-0.39, 0.29) is 18.6 Å². The molecule has 4 rings (SSSR count). The summed E-state index contributed by atoms with van der Waals surface area (Å²) in [4.78, 5) is 31.4. The summed E-state index contributed by atoms with van der Waals surface area (Å²) in [6, 6.07) is 8.38. The van der Waals surface area contributed by atoms with Gasteiger partial charge in [0.1, 0.15) is 0 Å². The fourth-order valence-corrected chi connectivity index (χ4v) is 7.38. The molecule has 2 aliphatic heterocycles. The first kappa shape index (κ1) is 25.5. The zero-order valence-electron chi connectivity index (χ0n) is 20.1. The van der Waals surface area contributed by atoms with Gasteiger partial charge in [-0.05, 0) is 25.0 Å². The van der Waals surface area contributed by atoms with Crippen LogP contribution in [-0.2, 0) is 26.2 Å². The molecule has 10 nitrogen and oxygen atoms in total. The van der Waals surface area contributed by atoms with Crippen LogP contribution in [0, 0.1) is 5.92 Å². The number of aromatic nitrogens is 1. The van der Waals surface area contributed by atoms with Crippen LogP contribution < -0.4 is 10.2 Å². The minimum Gasteiger partial charge on any atom is -0.449 e. The van der Waals surface area contributed by atoms with E-state index in [0.29, 0.717) is 42.4 Å². The lowest BCUT2D eigenvalue weighted by Gasteiger charge is -2.29. The lowest BCUT2D eigenvalue weighted by Crippen LogP contribution is -2.48. The molecule has 0 spiro atoms. The molecule has 3 heterocycles. The van der Waals surface area contributed by atoms with E-state index in [9.17, 15) is 18.0 Å². The van der Waals surface area contributed by atoms with Crippen molar-refractivity contribution >= 4 is 44.4 Å². The number of amides is 2. The minimum atomic E-state index is -3.64. The van der Waals surface area contributed by atoms with Gasteiger partial charge in [0.05, 0.1) is 30.3 Å². The van der Waals surface area contributed by atoms with Crippen molar-refractivity contribution in [1.82, 2.24) is 13.6 Å². The standard InChI is InChI=1S/C23H31N5O5S2/c1-4-12-26(3)35(31,32)27-13-10-19-20(27)16(2)21(29)28(19)22-24-18(15-34-22)11-14-33-23(30)25-17-8-6-5-7-9-17/h5-9,15-16,19-20H,4,10-14H2,1-3H3,(H,25,30)/t16-,19-,20+/m0/s1. The van der Waals surface area contributed by atoms with Crippen molar-refractivity contribution in [2.24, 2.45) is 5.92 Å². The van der Waals surface area contributed by atoms with Gasteiger partial charge in [0.25, 0.3) is 10.2 Å². The topological polar surface area (TPSA) is 112 Å². The van der Waals surface area contributed by atoms with Crippen molar-refractivity contribution in [1.29, 1.82) is 0 Å². The Hall–Kier alpha value is -2.54. The van der Waals surface area contributed by atoms with E-state index in [1.807, 2.05) is 30.5 Å². The van der Waals surface area contributed by atoms with Crippen molar-refractivity contribution in [2.75, 3.05) is 37.0 Å². The number of para-hydroxylation sites is 1. The first-order valence-corrected chi connectivity index (χ1v) is 14.0. The van der Waals surface area contributed by atoms with Crippen LogP contribution in [0.2, 0.25) is 0 Å². The molecule has 1 aromatic heterocycles. The Morgan fingerprint density at radius 2 is 2.06 bits per heavy atom. The van der Waals surface area contributed by atoms with E-state index < -0.39 is 28.3 Å². The zero-order valence-corrected chi connectivity index (χ0v) is 21.7. The summed E-state index contributed by atoms with van der Waals surface area (Å²) < 4.78 is 34.3. The molecule has 2 amide bonds. The molecule has 3 atom stereocenters. The molecule has 0 saturated carbocycles. The van der Waals surface area contributed by atoms with Crippen LogP contribution in [0.1, 0.15) is 32.4 Å². The second-order valence-electron chi connectivity index (χ2n) is 8.78. The van der Waals surface area contributed by atoms with Gasteiger partial charge >= 0.3 is 6.09 Å². The van der Waals surface area contributed by atoms with Crippen LogP contribution in [0.5, 0.6) is 0 Å². The second-order valence-corrected chi connectivity index (χ2v) is 11.6. The lowest BCUT2D eigenvalue weighted by atomic mass is 10.0. The molecule has 2 fully saturated rings. The molecule has 0 radical (unpaired) electrons. The van der Waals surface area contributed by atoms with Gasteiger partial charge in [-0.15, -0.1) is 11.3 Å². The van der Waals surface area contributed by atoms with Crippen LogP contribution in [0.25, 0.3) is 0 Å². The molecular weight excluding hydrogens is 490 g/mol. The van der Waals surface area contributed by atoms with Crippen molar-refractivity contribution in [3.8, 4) is 0 Å². The SMILES string of the molecule is CCCN(C)S(=O)(=O)N1CC[C@H]2[C@H]1[C@H](C)C(=O)N2c1nc(CCOC(=O)Nc2ccccc2)cs1. The molecule has 35 heavy (non-hydrogen) atoms. The van der Waals surface area contributed by atoms with Gasteiger partial charge in [-0.3, -0.25) is 15.0 Å². The third-order valence-corrected chi connectivity index (χ3v) is 9.31. The van der Waals surface area contributed by atoms with Gasteiger partial charge in [-0.1, -0.05) is 32.0 Å². The molecule has 0 unspecified atom stereocenters. The highest BCUT2D eigenvalue weighted by atomic mass is 32.2. The zero-order chi connectivity index (χ0) is 25.2. The number of ether oxygens (including phenoxy) is 1. The number of rotatable bonds is 9. The third-order valence-electron chi connectivity index (χ3n) is 6.43. The average Bonchev–Trinajstić information content (AvgIpc) is 3.52. The average molecular weight is 522 g/mol. The highest BCUT2D eigenvalue weighted by molar-refractivity contribution is 7.86. The third kappa shape index (κ3) is 5.20. The number of nitrogens with one attached hydrogen (secondary N) is 1. The second kappa shape index (κ2) is 10.6. The number of benzene rings is 1. The fraction of sp³-hybridized carbons (Fsp3) is 0.522. The molecule has 190 valence electrons. The summed E-state index contributed by atoms with van der Waals surface area (Å²) in [5, 5.41) is 5.06. The van der Waals surface area contributed by atoms with Gasteiger partial charge in [-0.25, -0.2) is 9.78 Å². The molecule has 2 saturated heterocycles. The minimum absolute atomic E-state index is 0.113. The molecule has 2 aliphatic rings. The quantitative estimate of drug-likeness (QED) is 0.543. The Morgan fingerprint density at radius 3 is 2.77 bits per heavy atom. The summed E-state index contributed by atoms with van der Waals surface area (Å²) in [7, 11) is -2.05. The highest BCUT2D eigenvalue weighted by Gasteiger charge is 2.56. The number of hydrogen-bond acceptors (Lipinski definition) is 7. The van der Waals surface area contributed by atoms with Crippen molar-refractivity contribution in [2.45, 2.75) is 45.2 Å². The van der Waals surface area contributed by atoms with Crippen LogP contribution in [0.4, 0.5) is 15.6 Å². The molecule has 2 aromatic rings. The van der Waals surface area contributed by atoms with Crippen molar-refractivity contribution in [3.05, 3.63) is 41.4 Å². The summed E-state index contributed by atoms with van der Waals surface area (Å²) in [6.07, 6.45) is 1.15. The largest absolute Gasteiger partial charge is 0.449 e. The number of carbonyl (C=O) groups excluding carboxylic acids is 2. The molecule has 0 aliphatic carbocycles. The van der Waals surface area contributed by atoms with Gasteiger partial charge in [0.15, 0.2) is 5.13 Å². The first-order chi connectivity index (χ1) is 16.7. The van der Waals surface area contributed by atoms with Gasteiger partial charge in [-0.2, -0.15) is 17.0 Å². The Balaban J connectivity index is 1.38. The predicted octanol–water partition coefficient (Wildman–Crippen LogP) is 2.95. The van der Waals surface area contributed by atoms with Gasteiger partial charge in [0, 0.05) is 37.6 Å². The number of thiazole rings is 1. The maximum Gasteiger partial charge on any atom is 0.411 e. The first-order valence-electron chi connectivity index (χ1n) is 11.7. The fourth-order valence-electron chi connectivity index (χ4n) is 4.72. The van der Waals surface area contributed by atoms with Crippen LogP contribution >= 0.6 is 11.3 Å². The Bertz CT molecular complexity index is 1160. The van der Waals surface area contributed by atoms with Crippen LogP contribution in [0.3, 0.4) is 0 Å². The van der Waals surface area contributed by atoms with E-state index in [1.165, 1.54) is 19.9 Å². The monoisotopic (exact) mass is 521 g/mol. The van der Waals surface area contributed by atoms with Gasteiger partial charge in [0.2, 0.25) is 5.91 Å². The molecule has 1 aromatic carbocycles. The smallest absolute Gasteiger partial charge is 0.411 e. The van der Waals surface area contributed by atoms with Crippen molar-refractivity contribution < 1.29 is 22.7 Å². The van der Waals surface area contributed by atoms with Crippen molar-refractivity contribution in [3.63, 3.8) is 0 Å². The molecular formula is C23H31N5O5S2. The van der Waals surface area contributed by atoms with E-state index in [2.05, 4.69) is 10.3 Å². The molecule has 0 bridgehead atoms. The van der Waals surface area contributed by atoms with Crippen LogP contribution in [0.15, 0.2) is 35.7 Å². The Kier molecular flexibility index (Phi) is 7.74. The molecule has 1 N–H and O–H groups in total. The summed E-state index contributed by atoms with van der Waals surface area (Å²) in [5.41, 5.74) is 1.37. The summed E-state index contributed by atoms with van der Waals surface area (Å²) in [6.45, 7) is 4.68. The summed E-state index contributed by atoms with van der Waals surface area (Å²) in [5.74, 6) is -0.567. The maximum atomic E-state index is 13.2. The van der Waals surface area contributed by atoms with Crippen LogP contribution in [-0.4, -0.2) is 72.8 Å². The van der Waals surface area contributed by atoms with E-state index in [0.717, 1.165) is 6.42 Å². The Morgan fingerprint density at radius 1 is 1.31 bits per heavy atom. The molecule has 12 heteroatoms. The normalized spacial score (nSPS) is 22.6. The number of anilines is 2. The summed E-state index contributed by atoms with van der Waals surface area (Å²) >= 11 is 1.35. The number of carbonyl (C=O) groups is 2. The Labute approximate surface area is 210 Å². The highest BCUT2D eigenvalue weighted by Crippen LogP contribution is 2.41. The van der Waals surface area contributed by atoms with Gasteiger partial charge < -0.3 is 4.74 Å². The predicted molar refractivity (Wildman–Crippen MR) is 135 cm³/mol. The van der Waals surface area contributed by atoms with E-state index in [1.54, 1.807) is 31.0 Å². The van der Waals surface area contributed by atoms with E-state index in [4.69, 9.17) is 4.74 Å². The number of fused-ring (bicyclic) bond motifs is 1. The van der Waals surface area contributed by atoms with E-state index >= 15 is 0 Å². The lowest BCUT2D eigenvalue weighted by molar-refractivity contribution is -0.120. The number of nitrogens with zero attached hydrogens (tertiary/aromatic N) is 4. The maximum absolute atomic E-state index is 13.2.